The SMILES string of the molecule is CC1(C(F)(F)F)C(=O)N(c2cnc(C3COCCN3)cn2)C(=O)N1C(=O)/C=C/c1cc(Cl)cc(C(F)(F)F)c1. The fourth-order valence-corrected chi connectivity index (χ4v) is 4.20. The Balaban J connectivity index is 1.66. The smallest absolute Gasteiger partial charge is 0.378 e. The van der Waals surface area contributed by atoms with Gasteiger partial charge in [-0.25, -0.2) is 19.6 Å². The number of carbonyl (C=O) groups is 3. The summed E-state index contributed by atoms with van der Waals surface area (Å²) in [6, 6.07) is 0.198. The van der Waals surface area contributed by atoms with Crippen LogP contribution in [0.25, 0.3) is 6.08 Å². The minimum Gasteiger partial charge on any atom is -0.378 e. The van der Waals surface area contributed by atoms with Gasteiger partial charge in [0.25, 0.3) is 11.8 Å². The molecule has 4 rings (SSSR count). The van der Waals surface area contributed by atoms with Gasteiger partial charge in [0.1, 0.15) is 0 Å². The maximum absolute atomic E-state index is 14.2. The van der Waals surface area contributed by atoms with E-state index in [2.05, 4.69) is 15.3 Å². The molecule has 0 radical (unpaired) electrons. The number of alkyl halides is 6. The largest absolute Gasteiger partial charge is 0.421 e. The molecule has 0 spiro atoms. The van der Waals surface area contributed by atoms with E-state index in [1.165, 1.54) is 0 Å². The molecule has 1 aromatic carbocycles. The van der Waals surface area contributed by atoms with Crippen molar-refractivity contribution >= 4 is 41.3 Å². The minimum atomic E-state index is -5.42. The molecule has 16 heteroatoms. The van der Waals surface area contributed by atoms with Crippen molar-refractivity contribution in [2.75, 3.05) is 24.7 Å². The normalized spacial score (nSPS) is 22.7. The van der Waals surface area contributed by atoms with Gasteiger partial charge in [0.05, 0.1) is 42.9 Å². The molecule has 208 valence electrons. The van der Waals surface area contributed by atoms with E-state index in [1.807, 2.05) is 0 Å². The standard InChI is InChI=1S/C23H18ClF6N5O4/c1-21(23(28,29)30)19(37)34(17-10-32-15(9-33-17)16-11-39-5-4-31-16)20(38)35(21)18(36)3-2-12-6-13(22(25,26)27)8-14(24)7-12/h2-3,6-10,16,31H,4-5,11H2,1H3/b3-2+. The highest BCUT2D eigenvalue weighted by Crippen LogP contribution is 2.43. The van der Waals surface area contributed by atoms with Crippen LogP contribution in [0.1, 0.15) is 29.8 Å². The number of imide groups is 2. The fourth-order valence-electron chi connectivity index (χ4n) is 3.95. The summed E-state index contributed by atoms with van der Waals surface area (Å²) in [6.45, 7) is 1.56. The molecule has 4 amide bonds. The van der Waals surface area contributed by atoms with E-state index in [1.54, 1.807) is 0 Å². The molecule has 1 aromatic heterocycles. The van der Waals surface area contributed by atoms with E-state index in [-0.39, 0.29) is 33.0 Å². The second-order valence-corrected chi connectivity index (χ2v) is 9.09. The number of aromatic nitrogens is 2. The third-order valence-electron chi connectivity index (χ3n) is 6.05. The highest BCUT2D eigenvalue weighted by atomic mass is 35.5. The number of morpholine rings is 1. The van der Waals surface area contributed by atoms with Gasteiger partial charge in [-0.1, -0.05) is 11.6 Å². The van der Waals surface area contributed by atoms with Crippen molar-refractivity contribution in [1.29, 1.82) is 0 Å². The zero-order valence-electron chi connectivity index (χ0n) is 19.8. The average Bonchev–Trinajstić information content (AvgIpc) is 3.08. The second kappa shape index (κ2) is 10.2. The molecule has 0 bridgehead atoms. The first-order valence-corrected chi connectivity index (χ1v) is 11.5. The van der Waals surface area contributed by atoms with Crippen molar-refractivity contribution in [3.8, 4) is 0 Å². The quantitative estimate of drug-likeness (QED) is 0.331. The summed E-state index contributed by atoms with van der Waals surface area (Å²) in [7, 11) is 0. The number of nitrogens with one attached hydrogen (secondary N) is 1. The van der Waals surface area contributed by atoms with Gasteiger partial charge in [-0.05, 0) is 36.8 Å². The predicted octanol–water partition coefficient (Wildman–Crippen LogP) is 4.14. The van der Waals surface area contributed by atoms with E-state index in [4.69, 9.17) is 16.3 Å². The molecule has 2 saturated heterocycles. The number of hydrogen-bond donors (Lipinski definition) is 1. The van der Waals surface area contributed by atoms with Gasteiger partial charge in [-0.3, -0.25) is 14.6 Å². The number of halogens is 7. The van der Waals surface area contributed by atoms with Crippen LogP contribution in [0.5, 0.6) is 0 Å². The second-order valence-electron chi connectivity index (χ2n) is 8.65. The van der Waals surface area contributed by atoms with Gasteiger partial charge in [0.15, 0.2) is 5.82 Å². The van der Waals surface area contributed by atoms with Crippen molar-refractivity contribution in [3.63, 3.8) is 0 Å². The Kier molecular flexibility index (Phi) is 7.44. The number of hydrogen-bond acceptors (Lipinski definition) is 7. The molecule has 9 nitrogen and oxygen atoms in total. The number of amides is 4. The summed E-state index contributed by atoms with van der Waals surface area (Å²) >= 11 is 5.69. The van der Waals surface area contributed by atoms with Crippen LogP contribution in [0.15, 0.2) is 36.7 Å². The summed E-state index contributed by atoms with van der Waals surface area (Å²) in [5.74, 6) is -3.99. The third-order valence-corrected chi connectivity index (χ3v) is 6.27. The molecule has 2 aromatic rings. The zero-order valence-corrected chi connectivity index (χ0v) is 20.6. The van der Waals surface area contributed by atoms with Crippen LogP contribution in [-0.2, 0) is 20.5 Å². The molecule has 0 aliphatic carbocycles. The molecule has 2 atom stereocenters. The van der Waals surface area contributed by atoms with Gasteiger partial charge in [0.2, 0.25) is 5.54 Å². The molecule has 2 aliphatic heterocycles. The van der Waals surface area contributed by atoms with Crippen LogP contribution < -0.4 is 10.2 Å². The topological polar surface area (TPSA) is 105 Å². The number of anilines is 1. The van der Waals surface area contributed by atoms with E-state index in [9.17, 15) is 40.7 Å². The molecule has 0 saturated carbocycles. The van der Waals surface area contributed by atoms with E-state index in [0.29, 0.717) is 44.0 Å². The molecule has 2 aliphatic rings. The van der Waals surface area contributed by atoms with Crippen LogP contribution >= 0.6 is 11.6 Å². The van der Waals surface area contributed by atoms with Crippen molar-refractivity contribution < 1.29 is 45.5 Å². The number of carbonyl (C=O) groups excluding carboxylic acids is 3. The Hall–Kier alpha value is -3.56. The summed E-state index contributed by atoms with van der Waals surface area (Å²) in [6.07, 6.45) is -6.97. The Labute approximate surface area is 221 Å². The van der Waals surface area contributed by atoms with Crippen LogP contribution in [-0.4, -0.2) is 64.2 Å². The summed E-state index contributed by atoms with van der Waals surface area (Å²) in [5, 5.41) is 2.73. The average molecular weight is 578 g/mol. The first-order chi connectivity index (χ1) is 18.1. The molecular formula is C23H18ClF6N5O4. The molecule has 2 fully saturated rings. The summed E-state index contributed by atoms with van der Waals surface area (Å²) in [5.41, 5.74) is -4.76. The first-order valence-electron chi connectivity index (χ1n) is 11.1. The maximum atomic E-state index is 14.2. The lowest BCUT2D eigenvalue weighted by Gasteiger charge is -2.31. The van der Waals surface area contributed by atoms with Crippen LogP contribution in [0.3, 0.4) is 0 Å². The highest BCUT2D eigenvalue weighted by molar-refractivity contribution is 6.31. The number of nitrogens with zero attached hydrogens (tertiary/aromatic N) is 4. The van der Waals surface area contributed by atoms with Gasteiger partial charge >= 0.3 is 18.4 Å². The molecule has 2 unspecified atom stereocenters. The Bertz CT molecular complexity index is 1330. The van der Waals surface area contributed by atoms with Gasteiger partial charge < -0.3 is 10.1 Å². The molecule has 39 heavy (non-hydrogen) atoms. The molecule has 3 heterocycles. The van der Waals surface area contributed by atoms with Crippen molar-refractivity contribution in [2.45, 2.75) is 30.9 Å². The van der Waals surface area contributed by atoms with Crippen molar-refractivity contribution in [3.05, 3.63) is 58.5 Å². The Morgan fingerprint density at radius 3 is 2.44 bits per heavy atom. The minimum absolute atomic E-state index is 0.0714. The van der Waals surface area contributed by atoms with Crippen LogP contribution in [0, 0.1) is 0 Å². The monoisotopic (exact) mass is 577 g/mol. The highest BCUT2D eigenvalue weighted by Gasteiger charge is 2.71. The summed E-state index contributed by atoms with van der Waals surface area (Å²) < 4.78 is 87.0. The first kappa shape index (κ1) is 28.4. The number of ether oxygens (including phenoxy) is 1. The van der Waals surface area contributed by atoms with Crippen LogP contribution in [0.4, 0.5) is 37.0 Å². The summed E-state index contributed by atoms with van der Waals surface area (Å²) in [4.78, 5) is 46.6. The lowest BCUT2D eigenvalue weighted by Crippen LogP contribution is -2.59. The molecule has 1 N–H and O–H groups in total. The maximum Gasteiger partial charge on any atom is 0.421 e. The van der Waals surface area contributed by atoms with E-state index < -0.39 is 47.1 Å². The van der Waals surface area contributed by atoms with E-state index >= 15 is 0 Å². The number of rotatable bonds is 4. The number of urea groups is 1. The van der Waals surface area contributed by atoms with Gasteiger partial charge in [-0.2, -0.15) is 26.3 Å². The Morgan fingerprint density at radius 1 is 1.15 bits per heavy atom. The van der Waals surface area contributed by atoms with Crippen LogP contribution in [0.2, 0.25) is 5.02 Å². The Morgan fingerprint density at radius 2 is 1.87 bits per heavy atom. The lowest BCUT2D eigenvalue weighted by molar-refractivity contribution is -0.209. The van der Waals surface area contributed by atoms with Gasteiger partial charge in [0, 0.05) is 17.6 Å². The zero-order chi connectivity index (χ0) is 28.8. The van der Waals surface area contributed by atoms with E-state index in [0.717, 1.165) is 24.5 Å². The number of benzene rings is 1. The van der Waals surface area contributed by atoms with Gasteiger partial charge in [-0.15, -0.1) is 0 Å². The van der Waals surface area contributed by atoms with Crippen molar-refractivity contribution in [1.82, 2.24) is 20.2 Å². The lowest BCUT2D eigenvalue weighted by atomic mass is 9.99. The van der Waals surface area contributed by atoms with Crippen molar-refractivity contribution in [2.24, 2.45) is 0 Å². The predicted molar refractivity (Wildman–Crippen MR) is 123 cm³/mol. The third kappa shape index (κ3) is 5.33. The fraction of sp³-hybridized carbons (Fsp3) is 0.348. The molecular weight excluding hydrogens is 560 g/mol.